The van der Waals surface area contributed by atoms with Crippen molar-refractivity contribution < 1.29 is 23.1 Å². The number of amides is 1. The van der Waals surface area contributed by atoms with Gasteiger partial charge in [-0.2, -0.15) is 0 Å². The van der Waals surface area contributed by atoms with Crippen molar-refractivity contribution in [2.75, 3.05) is 12.8 Å². The lowest BCUT2D eigenvalue weighted by atomic mass is 10.1. The van der Waals surface area contributed by atoms with E-state index in [0.717, 1.165) is 25.5 Å². The molecule has 0 saturated carbocycles. The molecule has 0 bridgehead atoms. The summed E-state index contributed by atoms with van der Waals surface area (Å²) in [6.45, 7) is 1.78. The molecule has 7 heteroatoms. The van der Waals surface area contributed by atoms with Gasteiger partial charge in [0.1, 0.15) is 5.25 Å². The molecule has 0 spiro atoms. The molecule has 2 N–H and O–H groups in total. The smallest absolute Gasteiger partial charge is 0.303 e. The van der Waals surface area contributed by atoms with Gasteiger partial charge in [0.05, 0.1) is 0 Å². The lowest BCUT2D eigenvalue weighted by Crippen LogP contribution is -2.37. The topological polar surface area (TPSA) is 101 Å². The van der Waals surface area contributed by atoms with Crippen LogP contribution in [-0.4, -0.2) is 43.5 Å². The fraction of sp³-hybridized carbons (Fsp3) is 0.818. The van der Waals surface area contributed by atoms with E-state index in [1.54, 1.807) is 0 Å². The van der Waals surface area contributed by atoms with Crippen LogP contribution in [-0.2, 0) is 19.4 Å². The van der Waals surface area contributed by atoms with E-state index in [9.17, 15) is 18.0 Å². The maximum Gasteiger partial charge on any atom is 0.303 e. The van der Waals surface area contributed by atoms with E-state index >= 15 is 0 Å². The highest BCUT2D eigenvalue weighted by molar-refractivity contribution is 7.92. The van der Waals surface area contributed by atoms with Gasteiger partial charge in [-0.05, 0) is 19.8 Å². The summed E-state index contributed by atoms with van der Waals surface area (Å²) < 4.78 is 22.2. The lowest BCUT2D eigenvalue weighted by Gasteiger charge is -2.10. The van der Waals surface area contributed by atoms with Gasteiger partial charge in [-0.3, -0.25) is 9.59 Å². The summed E-state index contributed by atoms with van der Waals surface area (Å²) in [7, 11) is -3.34. The molecule has 0 radical (unpaired) electrons. The highest BCUT2D eigenvalue weighted by Gasteiger charge is 2.22. The van der Waals surface area contributed by atoms with Crippen LogP contribution in [0.1, 0.15) is 39.0 Å². The Labute approximate surface area is 108 Å². The Hall–Kier alpha value is -1.11. The number of carbonyl (C=O) groups excluding carboxylic acids is 1. The molecule has 0 aromatic heterocycles. The molecule has 18 heavy (non-hydrogen) atoms. The number of sulfone groups is 1. The van der Waals surface area contributed by atoms with E-state index in [-0.39, 0.29) is 6.42 Å². The number of carboxylic acids is 1. The predicted molar refractivity (Wildman–Crippen MR) is 68.0 cm³/mol. The van der Waals surface area contributed by atoms with Crippen molar-refractivity contribution in [3.63, 3.8) is 0 Å². The maximum absolute atomic E-state index is 11.4. The van der Waals surface area contributed by atoms with Crippen LogP contribution >= 0.6 is 0 Å². The molecule has 0 fully saturated rings. The van der Waals surface area contributed by atoms with Gasteiger partial charge in [0.2, 0.25) is 5.91 Å². The van der Waals surface area contributed by atoms with Crippen molar-refractivity contribution in [3.05, 3.63) is 0 Å². The van der Waals surface area contributed by atoms with E-state index < -0.39 is 27.0 Å². The fourth-order valence-corrected chi connectivity index (χ4v) is 1.78. The number of unbranched alkanes of at least 4 members (excludes halogenated alkanes) is 3. The van der Waals surface area contributed by atoms with Crippen LogP contribution in [0.5, 0.6) is 0 Å². The molecule has 0 aliphatic rings. The van der Waals surface area contributed by atoms with E-state index in [1.807, 2.05) is 0 Å². The Bertz CT molecular complexity index is 377. The monoisotopic (exact) mass is 279 g/mol. The standard InChI is InChI=1S/C11H21NO5S/c1-9(18(2,16)17)11(15)12-8-6-4-3-5-7-10(13)14/h9H,3-8H2,1-2H3,(H,12,15)(H,13,14). The zero-order valence-corrected chi connectivity index (χ0v) is 11.6. The largest absolute Gasteiger partial charge is 0.481 e. The number of rotatable bonds is 9. The predicted octanol–water partition coefficient (Wildman–Crippen LogP) is 0.571. The minimum absolute atomic E-state index is 0.164. The molecule has 106 valence electrons. The summed E-state index contributed by atoms with van der Waals surface area (Å²) in [4.78, 5) is 21.6. The van der Waals surface area contributed by atoms with Gasteiger partial charge in [-0.1, -0.05) is 12.8 Å². The number of carbonyl (C=O) groups is 2. The quantitative estimate of drug-likeness (QED) is 0.601. The summed E-state index contributed by atoms with van der Waals surface area (Å²) in [5, 5.41) is 9.94. The van der Waals surface area contributed by atoms with Crippen LogP contribution in [0, 0.1) is 0 Å². The zero-order chi connectivity index (χ0) is 14.2. The van der Waals surface area contributed by atoms with Gasteiger partial charge in [0.25, 0.3) is 0 Å². The first kappa shape index (κ1) is 16.9. The number of hydrogen-bond donors (Lipinski definition) is 2. The molecule has 0 aliphatic carbocycles. The molecule has 0 aliphatic heterocycles. The van der Waals surface area contributed by atoms with Crippen molar-refractivity contribution >= 4 is 21.7 Å². The minimum atomic E-state index is -3.34. The van der Waals surface area contributed by atoms with Crippen molar-refractivity contribution in [3.8, 4) is 0 Å². The first-order valence-corrected chi connectivity index (χ1v) is 7.89. The van der Waals surface area contributed by atoms with Crippen molar-refractivity contribution in [2.45, 2.75) is 44.3 Å². The van der Waals surface area contributed by atoms with E-state index in [0.29, 0.717) is 13.0 Å². The average molecular weight is 279 g/mol. The molecule has 0 heterocycles. The number of aliphatic carboxylic acids is 1. The molecule has 0 saturated heterocycles. The van der Waals surface area contributed by atoms with Gasteiger partial charge in [-0.15, -0.1) is 0 Å². The van der Waals surface area contributed by atoms with Crippen LogP contribution in [0.3, 0.4) is 0 Å². The maximum atomic E-state index is 11.4. The number of nitrogens with one attached hydrogen (secondary N) is 1. The second-order valence-corrected chi connectivity index (χ2v) is 6.69. The van der Waals surface area contributed by atoms with Gasteiger partial charge >= 0.3 is 5.97 Å². The Morgan fingerprint density at radius 2 is 1.72 bits per heavy atom. The van der Waals surface area contributed by atoms with Crippen molar-refractivity contribution in [1.29, 1.82) is 0 Å². The summed E-state index contributed by atoms with van der Waals surface area (Å²) >= 11 is 0. The second kappa shape index (κ2) is 8.07. The van der Waals surface area contributed by atoms with Gasteiger partial charge in [0.15, 0.2) is 9.84 Å². The molecule has 0 aromatic rings. The molecule has 0 rings (SSSR count). The Balaban J connectivity index is 3.61. The highest BCUT2D eigenvalue weighted by atomic mass is 32.2. The van der Waals surface area contributed by atoms with Gasteiger partial charge in [-0.25, -0.2) is 8.42 Å². The van der Waals surface area contributed by atoms with Crippen molar-refractivity contribution in [1.82, 2.24) is 5.32 Å². The van der Waals surface area contributed by atoms with Crippen LogP contribution in [0.15, 0.2) is 0 Å². The summed E-state index contributed by atoms with van der Waals surface area (Å²) in [5.41, 5.74) is 0. The number of hydrogen-bond acceptors (Lipinski definition) is 4. The van der Waals surface area contributed by atoms with Crippen LogP contribution < -0.4 is 5.32 Å². The van der Waals surface area contributed by atoms with Gasteiger partial charge < -0.3 is 10.4 Å². The Morgan fingerprint density at radius 3 is 2.22 bits per heavy atom. The van der Waals surface area contributed by atoms with Gasteiger partial charge in [0, 0.05) is 19.2 Å². The Morgan fingerprint density at radius 1 is 1.17 bits per heavy atom. The average Bonchev–Trinajstić information content (AvgIpc) is 2.24. The third-order valence-electron chi connectivity index (χ3n) is 2.63. The van der Waals surface area contributed by atoms with E-state index in [4.69, 9.17) is 5.11 Å². The second-order valence-electron chi connectivity index (χ2n) is 4.32. The Kier molecular flexibility index (Phi) is 7.58. The van der Waals surface area contributed by atoms with Crippen molar-refractivity contribution in [2.24, 2.45) is 0 Å². The zero-order valence-electron chi connectivity index (χ0n) is 10.8. The van der Waals surface area contributed by atoms with Crippen LogP contribution in [0.4, 0.5) is 0 Å². The molecular formula is C11H21NO5S. The first-order chi connectivity index (χ1) is 8.25. The molecule has 0 aromatic carbocycles. The molecular weight excluding hydrogens is 258 g/mol. The third kappa shape index (κ3) is 8.05. The van der Waals surface area contributed by atoms with E-state index in [1.165, 1.54) is 6.92 Å². The molecule has 6 nitrogen and oxygen atoms in total. The third-order valence-corrected chi connectivity index (χ3v) is 4.13. The number of carboxylic acid groups (broad SMARTS) is 1. The SMILES string of the molecule is CC(C(=O)NCCCCCCC(=O)O)S(C)(=O)=O. The summed E-state index contributed by atoms with van der Waals surface area (Å²) in [5.74, 6) is -1.28. The summed E-state index contributed by atoms with van der Waals surface area (Å²) in [6, 6.07) is 0. The highest BCUT2D eigenvalue weighted by Crippen LogP contribution is 2.03. The first-order valence-electron chi connectivity index (χ1n) is 5.93. The summed E-state index contributed by atoms with van der Waals surface area (Å²) in [6.07, 6.45) is 4.16. The van der Waals surface area contributed by atoms with E-state index in [2.05, 4.69) is 5.32 Å². The van der Waals surface area contributed by atoms with Crippen LogP contribution in [0.2, 0.25) is 0 Å². The molecule has 1 unspecified atom stereocenters. The normalized spacial score (nSPS) is 13.0. The molecule has 1 amide bonds. The van der Waals surface area contributed by atoms with Crippen LogP contribution in [0.25, 0.3) is 0 Å². The minimum Gasteiger partial charge on any atom is -0.481 e. The lowest BCUT2D eigenvalue weighted by molar-refractivity contribution is -0.137. The molecule has 1 atom stereocenters. The fourth-order valence-electron chi connectivity index (χ4n) is 1.30.